The van der Waals surface area contributed by atoms with Gasteiger partial charge in [-0.15, -0.1) is 10.2 Å². The van der Waals surface area contributed by atoms with Crippen LogP contribution in [-0.4, -0.2) is 36.1 Å². The van der Waals surface area contributed by atoms with Gasteiger partial charge in [0.15, 0.2) is 17.3 Å². The van der Waals surface area contributed by atoms with Gasteiger partial charge in [-0.2, -0.15) is 5.26 Å². The molecule has 0 spiro atoms. The predicted octanol–water partition coefficient (Wildman–Crippen LogP) is 3.09. The molecular weight excluding hydrogens is 332 g/mol. The zero-order chi connectivity index (χ0) is 18.5. The number of rotatable bonds is 5. The van der Waals surface area contributed by atoms with Crippen LogP contribution in [-0.2, 0) is 13.0 Å². The van der Waals surface area contributed by atoms with E-state index >= 15 is 0 Å². The molecule has 0 bridgehead atoms. The Balaban J connectivity index is 2.09. The van der Waals surface area contributed by atoms with Crippen molar-refractivity contribution >= 4 is 11.6 Å². The molecule has 0 saturated heterocycles. The second-order valence-electron chi connectivity index (χ2n) is 6.00. The highest BCUT2D eigenvalue weighted by molar-refractivity contribution is 5.89. The highest BCUT2D eigenvalue weighted by Gasteiger charge is 2.20. The van der Waals surface area contributed by atoms with Gasteiger partial charge in [0.2, 0.25) is 5.75 Å². The molecule has 2 aromatic rings. The molecule has 0 saturated carbocycles. The lowest BCUT2D eigenvalue weighted by molar-refractivity contribution is 0.324. The molecule has 0 atom stereocenters. The molecule has 7 heteroatoms. The maximum absolute atomic E-state index is 9.73. The molecule has 0 radical (unpaired) electrons. The predicted molar refractivity (Wildman–Crippen MR) is 97.2 cm³/mol. The first kappa shape index (κ1) is 17.8. The third-order valence-electron chi connectivity index (χ3n) is 4.51. The summed E-state index contributed by atoms with van der Waals surface area (Å²) in [6, 6.07) is 5.87. The molecule has 0 aliphatic carbocycles. The van der Waals surface area contributed by atoms with Crippen LogP contribution in [0.5, 0.6) is 17.2 Å². The molecule has 1 aromatic carbocycles. The van der Waals surface area contributed by atoms with Gasteiger partial charge >= 0.3 is 0 Å². The number of nitriles is 1. The van der Waals surface area contributed by atoms with Crippen LogP contribution in [0.25, 0.3) is 11.6 Å². The van der Waals surface area contributed by atoms with E-state index in [0.717, 1.165) is 38.1 Å². The number of nitrogens with zero attached hydrogens (tertiary/aromatic N) is 4. The van der Waals surface area contributed by atoms with Crippen molar-refractivity contribution in [2.24, 2.45) is 0 Å². The smallest absolute Gasteiger partial charge is 0.203 e. The van der Waals surface area contributed by atoms with Crippen LogP contribution in [0.2, 0.25) is 0 Å². The maximum Gasteiger partial charge on any atom is 0.203 e. The van der Waals surface area contributed by atoms with E-state index in [1.54, 1.807) is 33.5 Å². The molecule has 0 fully saturated rings. The minimum absolute atomic E-state index is 0.441. The number of fused-ring (bicyclic) bond motifs is 1. The number of hydrogen-bond acceptors (Lipinski definition) is 6. The van der Waals surface area contributed by atoms with E-state index < -0.39 is 0 Å². The maximum atomic E-state index is 9.73. The SMILES string of the molecule is COc1ccc(/C=C(\C#N)c2nnc3n2CCCCC3)c(OC)c1OC. The summed E-state index contributed by atoms with van der Waals surface area (Å²) in [7, 11) is 4.68. The van der Waals surface area contributed by atoms with E-state index in [-0.39, 0.29) is 0 Å². The molecule has 26 heavy (non-hydrogen) atoms. The highest BCUT2D eigenvalue weighted by Crippen LogP contribution is 2.41. The van der Waals surface area contributed by atoms with Crippen molar-refractivity contribution in [2.45, 2.75) is 32.2 Å². The topological polar surface area (TPSA) is 82.2 Å². The molecule has 1 aliphatic rings. The van der Waals surface area contributed by atoms with Gasteiger partial charge in [-0.3, -0.25) is 0 Å². The normalized spacial score (nSPS) is 14.2. The van der Waals surface area contributed by atoms with Crippen molar-refractivity contribution in [1.29, 1.82) is 5.26 Å². The number of methoxy groups -OCH3 is 3. The molecule has 1 aromatic heterocycles. The van der Waals surface area contributed by atoms with E-state index in [2.05, 4.69) is 20.8 Å². The van der Waals surface area contributed by atoms with Crippen LogP contribution in [0.15, 0.2) is 12.1 Å². The Morgan fingerprint density at radius 3 is 2.58 bits per heavy atom. The van der Waals surface area contributed by atoms with Crippen molar-refractivity contribution in [3.05, 3.63) is 29.3 Å². The van der Waals surface area contributed by atoms with E-state index in [1.807, 2.05) is 6.07 Å². The summed E-state index contributed by atoms with van der Waals surface area (Å²) in [5.41, 5.74) is 1.16. The summed E-state index contributed by atoms with van der Waals surface area (Å²) < 4.78 is 18.3. The number of aryl methyl sites for hydroxylation is 1. The molecular formula is C19H22N4O3. The fourth-order valence-corrected chi connectivity index (χ4v) is 3.22. The standard InChI is InChI=1S/C19H22N4O3/c1-24-15-9-8-13(17(25-2)18(15)26-3)11-14(12-20)19-22-21-16-7-5-4-6-10-23(16)19/h8-9,11H,4-7,10H2,1-3H3/b14-11+. The van der Waals surface area contributed by atoms with Crippen LogP contribution in [0, 0.1) is 11.3 Å². The van der Waals surface area contributed by atoms with Crippen molar-refractivity contribution < 1.29 is 14.2 Å². The molecule has 0 N–H and O–H groups in total. The van der Waals surface area contributed by atoms with Crippen molar-refractivity contribution in [3.8, 4) is 23.3 Å². The lowest BCUT2D eigenvalue weighted by Crippen LogP contribution is -2.05. The lowest BCUT2D eigenvalue weighted by Gasteiger charge is -2.14. The van der Waals surface area contributed by atoms with Crippen LogP contribution >= 0.6 is 0 Å². The van der Waals surface area contributed by atoms with Crippen LogP contribution in [0.1, 0.15) is 36.5 Å². The summed E-state index contributed by atoms with van der Waals surface area (Å²) in [5, 5.41) is 18.3. The summed E-state index contributed by atoms with van der Waals surface area (Å²) in [4.78, 5) is 0. The summed E-state index contributed by atoms with van der Waals surface area (Å²) in [6.45, 7) is 0.833. The van der Waals surface area contributed by atoms with Gasteiger partial charge in [0.1, 0.15) is 11.9 Å². The first-order valence-corrected chi connectivity index (χ1v) is 8.56. The fraction of sp³-hybridized carbons (Fsp3) is 0.421. The largest absolute Gasteiger partial charge is 0.493 e. The average Bonchev–Trinajstić information content (AvgIpc) is 2.92. The summed E-state index contributed by atoms with van der Waals surface area (Å²) in [6.07, 6.45) is 5.98. The molecule has 1 aliphatic heterocycles. The molecule has 0 amide bonds. The monoisotopic (exact) mass is 354 g/mol. The highest BCUT2D eigenvalue weighted by atomic mass is 16.5. The van der Waals surface area contributed by atoms with Gasteiger partial charge in [-0.05, 0) is 31.1 Å². The molecule has 0 unspecified atom stereocenters. The first-order valence-electron chi connectivity index (χ1n) is 8.56. The van der Waals surface area contributed by atoms with E-state index in [1.165, 1.54) is 0 Å². The van der Waals surface area contributed by atoms with Crippen molar-refractivity contribution in [2.75, 3.05) is 21.3 Å². The number of allylic oxidation sites excluding steroid dienone is 1. The zero-order valence-electron chi connectivity index (χ0n) is 15.3. The van der Waals surface area contributed by atoms with Crippen molar-refractivity contribution in [1.82, 2.24) is 14.8 Å². The Morgan fingerprint density at radius 1 is 1.08 bits per heavy atom. The molecule has 136 valence electrons. The Labute approximate surface area is 152 Å². The third-order valence-corrected chi connectivity index (χ3v) is 4.51. The van der Waals surface area contributed by atoms with E-state index in [4.69, 9.17) is 14.2 Å². The van der Waals surface area contributed by atoms with Gasteiger partial charge in [0, 0.05) is 18.5 Å². The van der Waals surface area contributed by atoms with E-state index in [9.17, 15) is 5.26 Å². The second-order valence-corrected chi connectivity index (χ2v) is 6.00. The van der Waals surface area contributed by atoms with Crippen molar-refractivity contribution in [3.63, 3.8) is 0 Å². The number of ether oxygens (including phenoxy) is 3. The average molecular weight is 354 g/mol. The van der Waals surface area contributed by atoms with Gasteiger partial charge in [0.05, 0.1) is 26.9 Å². The summed E-state index contributed by atoms with van der Waals surface area (Å²) in [5.74, 6) is 3.10. The fourth-order valence-electron chi connectivity index (χ4n) is 3.22. The Hall–Kier alpha value is -3.01. The van der Waals surface area contributed by atoms with Crippen LogP contribution in [0.4, 0.5) is 0 Å². The minimum Gasteiger partial charge on any atom is -0.493 e. The Morgan fingerprint density at radius 2 is 1.88 bits per heavy atom. The zero-order valence-corrected chi connectivity index (χ0v) is 15.3. The van der Waals surface area contributed by atoms with Gasteiger partial charge in [0.25, 0.3) is 0 Å². The van der Waals surface area contributed by atoms with Crippen LogP contribution in [0.3, 0.4) is 0 Å². The minimum atomic E-state index is 0.441. The van der Waals surface area contributed by atoms with Crippen LogP contribution < -0.4 is 14.2 Å². The Kier molecular flexibility index (Phi) is 5.42. The second kappa shape index (κ2) is 7.91. The molecule has 2 heterocycles. The lowest BCUT2D eigenvalue weighted by atomic mass is 10.1. The number of benzene rings is 1. The Bertz CT molecular complexity index is 864. The number of hydrogen-bond donors (Lipinski definition) is 0. The van der Waals surface area contributed by atoms with E-state index in [0.29, 0.717) is 34.2 Å². The van der Waals surface area contributed by atoms with Gasteiger partial charge < -0.3 is 18.8 Å². The van der Waals surface area contributed by atoms with Gasteiger partial charge in [-0.1, -0.05) is 6.42 Å². The quantitative estimate of drug-likeness (QED) is 0.768. The first-order chi connectivity index (χ1) is 12.7. The molecule has 7 nitrogen and oxygen atoms in total. The number of aromatic nitrogens is 3. The molecule has 3 rings (SSSR count). The van der Waals surface area contributed by atoms with Gasteiger partial charge in [-0.25, -0.2) is 0 Å². The summed E-state index contributed by atoms with van der Waals surface area (Å²) >= 11 is 0. The third kappa shape index (κ3) is 3.23.